The third-order valence-electron chi connectivity index (χ3n) is 3.28. The lowest BCUT2D eigenvalue weighted by atomic mass is 10.2. The van der Waals surface area contributed by atoms with E-state index < -0.39 is 0 Å². The first-order valence-corrected chi connectivity index (χ1v) is 10.1. The lowest BCUT2D eigenvalue weighted by Gasteiger charge is -2.04. The van der Waals surface area contributed by atoms with Gasteiger partial charge in [0.2, 0.25) is 0 Å². The second-order valence-electron chi connectivity index (χ2n) is 7.28. The molecule has 0 radical (unpaired) electrons. The van der Waals surface area contributed by atoms with Crippen molar-refractivity contribution < 1.29 is 24.2 Å². The Hall–Kier alpha value is -3.19. The van der Waals surface area contributed by atoms with Crippen molar-refractivity contribution in [1.82, 2.24) is 10.6 Å². The Morgan fingerprint density at radius 2 is 1.68 bits per heavy atom. The molecule has 31 heavy (non-hydrogen) atoms. The second kappa shape index (κ2) is 16.6. The lowest BCUT2D eigenvalue weighted by Crippen LogP contribution is -2.26. The van der Waals surface area contributed by atoms with Crippen LogP contribution in [-0.4, -0.2) is 43.4 Å². The molecule has 170 valence electrons. The Morgan fingerprint density at radius 1 is 1.06 bits per heavy atom. The molecule has 0 aliphatic heterocycles. The van der Waals surface area contributed by atoms with Gasteiger partial charge in [-0.25, -0.2) is 0 Å². The molecule has 0 spiro atoms. The predicted octanol–water partition coefficient (Wildman–Crippen LogP) is 3.82. The first-order chi connectivity index (χ1) is 14.7. The van der Waals surface area contributed by atoms with E-state index in [2.05, 4.69) is 31.4 Å². The molecule has 2 aromatic carbocycles. The van der Waals surface area contributed by atoms with Crippen LogP contribution in [0.15, 0.2) is 48.5 Å². The van der Waals surface area contributed by atoms with Crippen molar-refractivity contribution in [2.24, 2.45) is 5.92 Å². The number of hydrogen-bond donors (Lipinski definition) is 3. The number of rotatable bonds is 7. The number of phenols is 1. The summed E-state index contributed by atoms with van der Waals surface area (Å²) < 4.78 is 4.76. The van der Waals surface area contributed by atoms with Gasteiger partial charge in [0.1, 0.15) is 17.8 Å². The number of nitrogens with one attached hydrogen (secondary N) is 2. The Kier molecular flexibility index (Phi) is 14.9. The first-order valence-electron chi connectivity index (χ1n) is 10.1. The van der Waals surface area contributed by atoms with Gasteiger partial charge in [0.15, 0.2) is 0 Å². The van der Waals surface area contributed by atoms with Crippen LogP contribution < -0.4 is 15.4 Å². The van der Waals surface area contributed by atoms with Crippen molar-refractivity contribution in [2.75, 3.05) is 20.1 Å². The maximum atomic E-state index is 11.5. The van der Waals surface area contributed by atoms with Crippen LogP contribution in [0.1, 0.15) is 54.8 Å². The molecule has 0 heterocycles. The van der Waals surface area contributed by atoms with Gasteiger partial charge >= 0.3 is 5.97 Å². The minimum absolute atomic E-state index is 0.109. The smallest absolute Gasteiger partial charge is 0.308 e. The van der Waals surface area contributed by atoms with E-state index in [4.69, 9.17) is 4.74 Å². The SMILES string of the molecule is CC(=O)Oc1ccc(C=O)cc1.CC(C)C.CNCCCNC(=O)c1cccc(O)c1. The summed E-state index contributed by atoms with van der Waals surface area (Å²) in [7, 11) is 1.87. The topological polar surface area (TPSA) is 105 Å². The summed E-state index contributed by atoms with van der Waals surface area (Å²) >= 11 is 0. The normalized spacial score (nSPS) is 9.48. The fraction of sp³-hybridized carbons (Fsp3) is 0.375. The molecule has 0 aromatic heterocycles. The van der Waals surface area contributed by atoms with Crippen LogP contribution >= 0.6 is 0 Å². The van der Waals surface area contributed by atoms with Gasteiger partial charge in [-0.3, -0.25) is 14.4 Å². The predicted molar refractivity (Wildman–Crippen MR) is 123 cm³/mol. The first kappa shape index (κ1) is 27.8. The number of phenolic OH excluding ortho intramolecular Hbond substituents is 1. The van der Waals surface area contributed by atoms with E-state index >= 15 is 0 Å². The monoisotopic (exact) mass is 430 g/mol. The zero-order chi connectivity index (χ0) is 23.6. The Labute approximate surface area is 184 Å². The van der Waals surface area contributed by atoms with Crippen LogP contribution in [0.2, 0.25) is 0 Å². The standard InChI is InChI=1S/C11H16N2O2.C9H8O3.C4H10/c1-12-6-3-7-13-11(15)9-4-2-5-10(14)8-9;1-7(11)12-9-4-2-8(6-10)3-5-9;1-4(2)3/h2,4-5,8,12,14H,3,6-7H2,1H3,(H,13,15);2-6H,1H3;4H,1-3H3. The summed E-state index contributed by atoms with van der Waals surface area (Å²) in [5, 5.41) is 15.0. The molecule has 0 unspecified atom stereocenters. The van der Waals surface area contributed by atoms with E-state index in [0.717, 1.165) is 25.2 Å². The van der Waals surface area contributed by atoms with E-state index in [9.17, 15) is 19.5 Å². The third-order valence-corrected chi connectivity index (χ3v) is 3.28. The molecule has 2 rings (SSSR count). The van der Waals surface area contributed by atoms with Crippen LogP contribution in [-0.2, 0) is 4.79 Å². The number of aromatic hydroxyl groups is 1. The Morgan fingerprint density at radius 3 is 2.16 bits per heavy atom. The fourth-order valence-corrected chi connectivity index (χ4v) is 2.00. The molecule has 0 saturated carbocycles. The van der Waals surface area contributed by atoms with E-state index in [1.54, 1.807) is 36.4 Å². The zero-order valence-electron chi connectivity index (χ0n) is 19.0. The van der Waals surface area contributed by atoms with Crippen LogP contribution in [0.3, 0.4) is 0 Å². The number of hydrogen-bond acceptors (Lipinski definition) is 6. The van der Waals surface area contributed by atoms with E-state index in [0.29, 0.717) is 23.4 Å². The Balaban J connectivity index is 0.000000504. The van der Waals surface area contributed by atoms with Crippen molar-refractivity contribution in [2.45, 2.75) is 34.1 Å². The average molecular weight is 431 g/mol. The van der Waals surface area contributed by atoms with E-state index in [-0.39, 0.29) is 17.6 Å². The molecule has 0 aliphatic rings. The van der Waals surface area contributed by atoms with Crippen molar-refractivity contribution in [3.8, 4) is 11.5 Å². The third kappa shape index (κ3) is 15.3. The number of carbonyl (C=O) groups excluding carboxylic acids is 3. The van der Waals surface area contributed by atoms with Crippen LogP contribution in [0.25, 0.3) is 0 Å². The van der Waals surface area contributed by atoms with Crippen molar-refractivity contribution in [3.05, 3.63) is 59.7 Å². The summed E-state index contributed by atoms with van der Waals surface area (Å²) in [6.07, 6.45) is 1.62. The van der Waals surface area contributed by atoms with Crippen LogP contribution in [0.5, 0.6) is 11.5 Å². The van der Waals surface area contributed by atoms with Gasteiger partial charge in [-0.15, -0.1) is 0 Å². The number of aldehydes is 1. The highest BCUT2D eigenvalue weighted by atomic mass is 16.5. The number of ether oxygens (including phenoxy) is 1. The van der Waals surface area contributed by atoms with Gasteiger partial charge < -0.3 is 20.5 Å². The molecule has 7 nitrogen and oxygen atoms in total. The van der Waals surface area contributed by atoms with Crippen molar-refractivity contribution >= 4 is 18.2 Å². The second-order valence-corrected chi connectivity index (χ2v) is 7.28. The molecule has 1 amide bonds. The van der Waals surface area contributed by atoms with E-state index in [1.807, 2.05) is 7.05 Å². The van der Waals surface area contributed by atoms with Gasteiger partial charge in [0.25, 0.3) is 5.91 Å². The number of esters is 1. The number of benzene rings is 2. The number of carbonyl (C=O) groups is 3. The van der Waals surface area contributed by atoms with Gasteiger partial charge in [0.05, 0.1) is 0 Å². The fourth-order valence-electron chi connectivity index (χ4n) is 2.00. The molecule has 0 bridgehead atoms. The lowest BCUT2D eigenvalue weighted by molar-refractivity contribution is -0.131. The molecular weight excluding hydrogens is 396 g/mol. The molecule has 3 N–H and O–H groups in total. The Bertz CT molecular complexity index is 786. The number of amides is 1. The minimum Gasteiger partial charge on any atom is -0.508 e. The largest absolute Gasteiger partial charge is 0.508 e. The highest BCUT2D eigenvalue weighted by Gasteiger charge is 2.04. The quantitative estimate of drug-likeness (QED) is 0.267. The average Bonchev–Trinajstić information content (AvgIpc) is 2.71. The molecule has 0 saturated heterocycles. The highest BCUT2D eigenvalue weighted by molar-refractivity contribution is 5.94. The molecule has 7 heteroatoms. The maximum absolute atomic E-state index is 11.5. The highest BCUT2D eigenvalue weighted by Crippen LogP contribution is 2.11. The molecule has 0 atom stereocenters. The van der Waals surface area contributed by atoms with Gasteiger partial charge in [-0.05, 0) is 68.4 Å². The molecular formula is C24H34N2O5. The summed E-state index contributed by atoms with van der Waals surface area (Å²) in [6, 6.07) is 12.6. The maximum Gasteiger partial charge on any atom is 0.308 e. The van der Waals surface area contributed by atoms with E-state index in [1.165, 1.54) is 19.1 Å². The van der Waals surface area contributed by atoms with Gasteiger partial charge in [-0.1, -0.05) is 26.8 Å². The van der Waals surface area contributed by atoms with Crippen LogP contribution in [0.4, 0.5) is 0 Å². The summed E-state index contributed by atoms with van der Waals surface area (Å²) in [5.41, 5.74) is 1.05. The van der Waals surface area contributed by atoms with Crippen molar-refractivity contribution in [3.63, 3.8) is 0 Å². The van der Waals surface area contributed by atoms with Crippen LogP contribution in [0, 0.1) is 5.92 Å². The molecule has 0 aliphatic carbocycles. The summed E-state index contributed by atoms with van der Waals surface area (Å²) in [4.78, 5) is 32.2. The summed E-state index contributed by atoms with van der Waals surface area (Å²) in [5.74, 6) is 0.877. The summed E-state index contributed by atoms with van der Waals surface area (Å²) in [6.45, 7) is 9.34. The zero-order valence-corrected chi connectivity index (χ0v) is 19.0. The molecule has 0 fully saturated rings. The minimum atomic E-state index is -0.367. The van der Waals surface area contributed by atoms with Gasteiger partial charge in [0, 0.05) is 24.6 Å². The van der Waals surface area contributed by atoms with Gasteiger partial charge in [-0.2, -0.15) is 0 Å². The molecule has 2 aromatic rings. The van der Waals surface area contributed by atoms with Crippen molar-refractivity contribution in [1.29, 1.82) is 0 Å².